The van der Waals surface area contributed by atoms with Crippen LogP contribution in [0.25, 0.3) is 0 Å². The van der Waals surface area contributed by atoms with Gasteiger partial charge in [-0.2, -0.15) is 8.78 Å². The zero-order chi connectivity index (χ0) is 24.7. The number of ether oxygens (including phenoxy) is 1. The number of hydrogen-bond donors (Lipinski definition) is 1. The first kappa shape index (κ1) is 26.0. The number of amidine groups is 1. The second kappa shape index (κ2) is 12.2. The first-order valence-electron chi connectivity index (χ1n) is 10.1. The summed E-state index contributed by atoms with van der Waals surface area (Å²) in [7, 11) is 1.54. The first-order valence-corrected chi connectivity index (χ1v) is 11.9. The fraction of sp³-hybridized carbons (Fsp3) is 0.318. The van der Waals surface area contributed by atoms with Crippen molar-refractivity contribution in [3.8, 4) is 0 Å². The molecule has 1 saturated heterocycles. The highest BCUT2D eigenvalue weighted by Gasteiger charge is 2.39. The predicted molar refractivity (Wildman–Crippen MR) is 125 cm³/mol. The van der Waals surface area contributed by atoms with E-state index in [2.05, 4.69) is 10.3 Å². The van der Waals surface area contributed by atoms with E-state index in [0.717, 1.165) is 23.9 Å². The van der Waals surface area contributed by atoms with Crippen LogP contribution in [0.1, 0.15) is 12.8 Å². The lowest BCUT2D eigenvalue weighted by Gasteiger charge is -2.16. The zero-order valence-electron chi connectivity index (χ0n) is 18.0. The molecule has 2 aromatic rings. The summed E-state index contributed by atoms with van der Waals surface area (Å²) in [6, 6.07) is 8.91. The number of methoxy groups -OCH3 is 1. The van der Waals surface area contributed by atoms with Crippen LogP contribution in [0.3, 0.4) is 0 Å². The van der Waals surface area contributed by atoms with E-state index >= 15 is 0 Å². The number of anilines is 1. The van der Waals surface area contributed by atoms with Gasteiger partial charge in [0.05, 0.1) is 11.4 Å². The van der Waals surface area contributed by atoms with Crippen molar-refractivity contribution < 1.29 is 31.9 Å². The molecule has 1 aliphatic heterocycles. The smallest absolute Gasteiger partial charge is 0.288 e. The van der Waals surface area contributed by atoms with E-state index in [0.29, 0.717) is 53.2 Å². The topological polar surface area (TPSA) is 71.0 Å². The van der Waals surface area contributed by atoms with Gasteiger partial charge >= 0.3 is 0 Å². The van der Waals surface area contributed by atoms with Crippen LogP contribution in [-0.2, 0) is 14.3 Å². The van der Waals surface area contributed by atoms with Crippen molar-refractivity contribution in [2.45, 2.75) is 28.7 Å². The number of carbonyl (C=O) groups excluding carboxylic acids is 2. The number of benzene rings is 2. The Kier molecular flexibility index (Phi) is 9.36. The number of nitrogens with zero attached hydrogens (tertiary/aromatic N) is 2. The average Bonchev–Trinajstić information content (AvgIpc) is 3.05. The van der Waals surface area contributed by atoms with Gasteiger partial charge in [0.15, 0.2) is 5.17 Å². The molecule has 0 saturated carbocycles. The Hall–Kier alpha value is -2.57. The second-order valence-corrected chi connectivity index (χ2v) is 9.32. The largest absolute Gasteiger partial charge is 0.385 e. The van der Waals surface area contributed by atoms with Crippen LogP contribution in [0.2, 0.25) is 0 Å². The Balaban J connectivity index is 1.73. The van der Waals surface area contributed by atoms with E-state index in [1.165, 1.54) is 24.1 Å². The number of alkyl halides is 2. The molecule has 12 heteroatoms. The third kappa shape index (κ3) is 7.21. The molecule has 0 aliphatic carbocycles. The van der Waals surface area contributed by atoms with Crippen molar-refractivity contribution in [3.63, 3.8) is 0 Å². The molecule has 0 aromatic heterocycles. The van der Waals surface area contributed by atoms with Crippen molar-refractivity contribution in [1.82, 2.24) is 4.90 Å². The number of amides is 2. The molecule has 2 aromatic carbocycles. The SMILES string of the molecule is COCCCN1C(=O)[C@H](CC(=O)Nc2ccc(F)cc2F)SC1=Nc1ccc(SC(F)F)cc1. The second-order valence-electron chi connectivity index (χ2n) is 7.09. The molecule has 2 amide bonds. The Morgan fingerprint density at radius 2 is 1.97 bits per heavy atom. The van der Waals surface area contributed by atoms with Crippen LogP contribution >= 0.6 is 23.5 Å². The normalized spacial score (nSPS) is 17.1. The summed E-state index contributed by atoms with van der Waals surface area (Å²) in [5, 5.41) is 1.92. The van der Waals surface area contributed by atoms with Crippen LogP contribution in [-0.4, -0.2) is 53.2 Å². The third-order valence-corrected chi connectivity index (χ3v) is 6.51. The number of thioether (sulfide) groups is 2. The number of carbonyl (C=O) groups is 2. The van der Waals surface area contributed by atoms with Crippen LogP contribution < -0.4 is 5.32 Å². The molecule has 0 spiro atoms. The summed E-state index contributed by atoms with van der Waals surface area (Å²) in [4.78, 5) is 31.7. The van der Waals surface area contributed by atoms with Crippen LogP contribution in [0, 0.1) is 11.6 Å². The molecule has 3 rings (SSSR count). The molecule has 1 fully saturated rings. The van der Waals surface area contributed by atoms with E-state index in [9.17, 15) is 27.2 Å². The molecule has 0 unspecified atom stereocenters. The van der Waals surface area contributed by atoms with E-state index in [1.54, 1.807) is 12.1 Å². The predicted octanol–water partition coefficient (Wildman–Crippen LogP) is 5.28. The molecular weight excluding hydrogens is 494 g/mol. The van der Waals surface area contributed by atoms with E-state index < -0.39 is 28.5 Å². The number of hydrogen-bond acceptors (Lipinski definition) is 6. The summed E-state index contributed by atoms with van der Waals surface area (Å²) in [5.41, 5.74) is 0.276. The molecule has 1 aliphatic rings. The third-order valence-electron chi connectivity index (χ3n) is 4.61. The first-order chi connectivity index (χ1) is 16.3. The molecule has 1 heterocycles. The van der Waals surface area contributed by atoms with Gasteiger partial charge < -0.3 is 10.1 Å². The van der Waals surface area contributed by atoms with Crippen LogP contribution in [0.4, 0.5) is 28.9 Å². The monoisotopic (exact) mass is 515 g/mol. The molecule has 0 radical (unpaired) electrons. The number of halogens is 4. The summed E-state index contributed by atoms with van der Waals surface area (Å²) >= 11 is 1.50. The molecule has 0 bridgehead atoms. The summed E-state index contributed by atoms with van der Waals surface area (Å²) < 4.78 is 57.0. The average molecular weight is 516 g/mol. The highest BCUT2D eigenvalue weighted by molar-refractivity contribution is 8.15. The van der Waals surface area contributed by atoms with Crippen molar-refractivity contribution >= 4 is 51.9 Å². The molecule has 34 heavy (non-hydrogen) atoms. The van der Waals surface area contributed by atoms with E-state index in [4.69, 9.17) is 4.74 Å². The lowest BCUT2D eigenvalue weighted by atomic mass is 10.2. The Labute approximate surface area is 202 Å². The highest BCUT2D eigenvalue weighted by atomic mass is 32.2. The van der Waals surface area contributed by atoms with Gasteiger partial charge in [-0.25, -0.2) is 13.8 Å². The van der Waals surface area contributed by atoms with Gasteiger partial charge in [0.2, 0.25) is 11.8 Å². The van der Waals surface area contributed by atoms with Gasteiger partial charge in [0.25, 0.3) is 5.76 Å². The van der Waals surface area contributed by atoms with E-state index in [-0.39, 0.29) is 18.0 Å². The van der Waals surface area contributed by atoms with Crippen molar-refractivity contribution in [1.29, 1.82) is 0 Å². The van der Waals surface area contributed by atoms with Gasteiger partial charge in [0.1, 0.15) is 16.9 Å². The Morgan fingerprint density at radius 1 is 1.24 bits per heavy atom. The van der Waals surface area contributed by atoms with Crippen LogP contribution in [0.15, 0.2) is 52.4 Å². The molecular formula is C22H21F4N3O3S2. The van der Waals surface area contributed by atoms with Crippen molar-refractivity contribution in [2.24, 2.45) is 4.99 Å². The Morgan fingerprint density at radius 3 is 2.62 bits per heavy atom. The minimum atomic E-state index is -2.54. The minimum Gasteiger partial charge on any atom is -0.385 e. The Bertz CT molecular complexity index is 1050. The summed E-state index contributed by atoms with van der Waals surface area (Å²) in [6.45, 7) is 0.721. The quantitative estimate of drug-likeness (QED) is 0.265. The zero-order valence-corrected chi connectivity index (χ0v) is 19.6. The summed E-state index contributed by atoms with van der Waals surface area (Å²) in [6.07, 6.45) is 0.287. The maximum absolute atomic E-state index is 13.8. The maximum Gasteiger partial charge on any atom is 0.288 e. The fourth-order valence-electron chi connectivity index (χ4n) is 3.07. The molecule has 1 atom stereocenters. The van der Waals surface area contributed by atoms with Gasteiger partial charge in [-0.15, -0.1) is 0 Å². The van der Waals surface area contributed by atoms with Gasteiger partial charge in [-0.1, -0.05) is 23.5 Å². The van der Waals surface area contributed by atoms with Gasteiger partial charge in [-0.3, -0.25) is 14.5 Å². The number of rotatable bonds is 10. The van der Waals surface area contributed by atoms with Crippen molar-refractivity contribution in [2.75, 3.05) is 25.6 Å². The highest BCUT2D eigenvalue weighted by Crippen LogP contribution is 2.33. The molecule has 1 N–H and O–H groups in total. The lowest BCUT2D eigenvalue weighted by Crippen LogP contribution is -2.34. The lowest BCUT2D eigenvalue weighted by molar-refractivity contribution is -0.128. The van der Waals surface area contributed by atoms with Crippen molar-refractivity contribution in [3.05, 3.63) is 54.1 Å². The number of nitrogens with one attached hydrogen (secondary N) is 1. The van der Waals surface area contributed by atoms with Gasteiger partial charge in [0, 0.05) is 37.6 Å². The fourth-order valence-corrected chi connectivity index (χ4v) is 4.75. The van der Waals surface area contributed by atoms with Gasteiger partial charge in [-0.05, 0) is 42.8 Å². The molecule has 182 valence electrons. The minimum absolute atomic E-state index is 0.186. The summed E-state index contributed by atoms with van der Waals surface area (Å²) in [5.74, 6) is -5.17. The molecule has 6 nitrogen and oxygen atoms in total. The van der Waals surface area contributed by atoms with E-state index in [1.807, 2.05) is 0 Å². The maximum atomic E-state index is 13.8. The standard InChI is InChI=1S/C22H21F4N3O3S2/c1-32-10-2-9-29-20(31)18(12-19(30)28-17-8-3-13(23)11-16(17)24)34-22(29)27-14-4-6-15(7-5-14)33-21(25)26/h3-8,11,18,21H,2,9-10,12H2,1H3,(H,28,30)/t18-/m0/s1. The van der Waals surface area contributed by atoms with Crippen LogP contribution in [0.5, 0.6) is 0 Å². The number of aliphatic imine (C=N–C) groups is 1.